The van der Waals surface area contributed by atoms with E-state index in [-0.39, 0.29) is 5.41 Å². The summed E-state index contributed by atoms with van der Waals surface area (Å²) in [6.07, 6.45) is 0. The Morgan fingerprint density at radius 2 is 1.95 bits per heavy atom. The second kappa shape index (κ2) is 5.78. The quantitative estimate of drug-likeness (QED) is 0.860. The predicted octanol–water partition coefficient (Wildman–Crippen LogP) is 3.20. The number of benzene rings is 1. The van der Waals surface area contributed by atoms with Crippen LogP contribution in [0.15, 0.2) is 18.2 Å². The molecule has 4 heteroatoms. The maximum Gasteiger partial charge on any atom is 0.120 e. The van der Waals surface area contributed by atoms with Crippen molar-refractivity contribution in [1.29, 1.82) is 0 Å². The first-order valence-electron chi connectivity index (χ1n) is 6.39. The summed E-state index contributed by atoms with van der Waals surface area (Å²) >= 11 is 5.14. The number of methoxy groups -OCH3 is 1. The largest absolute Gasteiger partial charge is 0.497 e. The lowest BCUT2D eigenvalue weighted by molar-refractivity contribution is 0.329. The first-order valence-corrected chi connectivity index (χ1v) is 6.80. The molecule has 0 aliphatic heterocycles. The smallest absolute Gasteiger partial charge is 0.120 e. The van der Waals surface area contributed by atoms with Crippen molar-refractivity contribution in [2.24, 2.45) is 11.1 Å². The Balaban J connectivity index is 3.26. The van der Waals surface area contributed by atoms with Crippen LogP contribution in [0.2, 0.25) is 0 Å². The third kappa shape index (κ3) is 3.60. The van der Waals surface area contributed by atoms with Gasteiger partial charge in [-0.2, -0.15) is 0 Å². The van der Waals surface area contributed by atoms with Crippen LogP contribution in [0.4, 0.5) is 5.69 Å². The fraction of sp³-hybridized carbons (Fsp3) is 0.533. The van der Waals surface area contributed by atoms with Gasteiger partial charge in [-0.15, -0.1) is 0 Å². The Morgan fingerprint density at radius 1 is 1.37 bits per heavy atom. The van der Waals surface area contributed by atoms with Gasteiger partial charge < -0.3 is 15.4 Å². The standard InChI is InChI=1S/C15H24N2OS/c1-10(15(2,3)4)17(5)13-9-11(18-6)7-8-12(13)14(16)19/h7-10H,1-6H3,(H2,16,19). The molecule has 106 valence electrons. The van der Waals surface area contributed by atoms with Crippen LogP contribution in [-0.4, -0.2) is 25.2 Å². The Hall–Kier alpha value is -1.29. The Bertz CT molecular complexity index is 466. The Labute approximate surface area is 121 Å². The number of thiocarbonyl (C=S) groups is 1. The highest BCUT2D eigenvalue weighted by Crippen LogP contribution is 2.31. The predicted molar refractivity (Wildman–Crippen MR) is 86.2 cm³/mol. The van der Waals surface area contributed by atoms with E-state index in [0.717, 1.165) is 17.0 Å². The highest BCUT2D eigenvalue weighted by atomic mass is 32.1. The molecule has 0 aliphatic rings. The third-order valence-corrected chi connectivity index (χ3v) is 3.90. The van der Waals surface area contributed by atoms with Gasteiger partial charge in [0, 0.05) is 24.7 Å². The number of ether oxygens (including phenoxy) is 1. The lowest BCUT2D eigenvalue weighted by Gasteiger charge is -2.37. The lowest BCUT2D eigenvalue weighted by Crippen LogP contribution is -2.40. The van der Waals surface area contributed by atoms with E-state index < -0.39 is 0 Å². The summed E-state index contributed by atoms with van der Waals surface area (Å²) in [5.74, 6) is 0.808. The molecule has 0 heterocycles. The highest BCUT2D eigenvalue weighted by molar-refractivity contribution is 7.80. The van der Waals surface area contributed by atoms with Crippen LogP contribution in [0.25, 0.3) is 0 Å². The second-order valence-corrected chi connectivity index (χ2v) is 6.34. The van der Waals surface area contributed by atoms with Crippen molar-refractivity contribution in [3.63, 3.8) is 0 Å². The molecular weight excluding hydrogens is 256 g/mol. The fourth-order valence-electron chi connectivity index (χ4n) is 1.93. The van der Waals surface area contributed by atoms with Crippen molar-refractivity contribution in [3.05, 3.63) is 23.8 Å². The van der Waals surface area contributed by atoms with E-state index in [1.54, 1.807) is 7.11 Å². The maximum atomic E-state index is 5.82. The molecule has 1 unspecified atom stereocenters. The minimum Gasteiger partial charge on any atom is -0.497 e. The topological polar surface area (TPSA) is 38.5 Å². The minimum atomic E-state index is 0.158. The minimum absolute atomic E-state index is 0.158. The van der Waals surface area contributed by atoms with E-state index in [0.29, 0.717) is 11.0 Å². The van der Waals surface area contributed by atoms with Gasteiger partial charge in [-0.3, -0.25) is 0 Å². The van der Waals surface area contributed by atoms with Crippen LogP contribution < -0.4 is 15.4 Å². The molecule has 0 saturated heterocycles. The molecule has 2 N–H and O–H groups in total. The zero-order valence-corrected chi connectivity index (χ0v) is 13.5. The zero-order valence-electron chi connectivity index (χ0n) is 12.7. The summed E-state index contributed by atoms with van der Waals surface area (Å²) in [5.41, 5.74) is 7.87. The molecular formula is C15H24N2OS. The van der Waals surface area contributed by atoms with Crippen LogP contribution in [0, 0.1) is 5.41 Å². The number of anilines is 1. The normalized spacial score (nSPS) is 12.9. The van der Waals surface area contributed by atoms with Gasteiger partial charge in [-0.1, -0.05) is 33.0 Å². The molecule has 0 amide bonds. The van der Waals surface area contributed by atoms with Crippen molar-refractivity contribution >= 4 is 22.9 Å². The molecule has 0 aliphatic carbocycles. The van der Waals surface area contributed by atoms with E-state index in [1.807, 2.05) is 18.2 Å². The average molecular weight is 280 g/mol. The number of rotatable bonds is 4. The van der Waals surface area contributed by atoms with Gasteiger partial charge in [-0.05, 0) is 24.5 Å². The van der Waals surface area contributed by atoms with E-state index >= 15 is 0 Å². The average Bonchev–Trinajstić information content (AvgIpc) is 2.34. The molecule has 0 fully saturated rings. The van der Waals surface area contributed by atoms with E-state index in [4.69, 9.17) is 22.7 Å². The summed E-state index contributed by atoms with van der Waals surface area (Å²) < 4.78 is 5.29. The van der Waals surface area contributed by atoms with Gasteiger partial charge in [-0.25, -0.2) is 0 Å². The number of hydrogen-bond acceptors (Lipinski definition) is 3. The number of nitrogens with two attached hydrogens (primary N) is 1. The van der Waals surface area contributed by atoms with E-state index in [1.165, 1.54) is 0 Å². The molecule has 3 nitrogen and oxygen atoms in total. The van der Waals surface area contributed by atoms with Gasteiger partial charge in [0.1, 0.15) is 10.7 Å². The number of hydrogen-bond donors (Lipinski definition) is 1. The SMILES string of the molecule is COc1ccc(C(N)=S)c(N(C)C(C)C(C)(C)C)c1. The lowest BCUT2D eigenvalue weighted by atomic mass is 9.86. The second-order valence-electron chi connectivity index (χ2n) is 5.90. The van der Waals surface area contributed by atoms with Gasteiger partial charge in [0.15, 0.2) is 0 Å². The Kier molecular flexibility index (Phi) is 4.80. The van der Waals surface area contributed by atoms with E-state index in [9.17, 15) is 0 Å². The third-order valence-electron chi connectivity index (χ3n) is 3.68. The maximum absolute atomic E-state index is 5.82. The summed E-state index contributed by atoms with van der Waals surface area (Å²) in [6.45, 7) is 8.85. The summed E-state index contributed by atoms with van der Waals surface area (Å²) in [6, 6.07) is 6.12. The van der Waals surface area contributed by atoms with Gasteiger partial charge >= 0.3 is 0 Å². The fourth-order valence-corrected chi connectivity index (χ4v) is 2.10. The first kappa shape index (κ1) is 15.8. The molecule has 0 radical (unpaired) electrons. The van der Waals surface area contributed by atoms with Gasteiger partial charge in [0.2, 0.25) is 0 Å². The first-order chi connectivity index (χ1) is 8.68. The van der Waals surface area contributed by atoms with Crippen molar-refractivity contribution < 1.29 is 4.74 Å². The summed E-state index contributed by atoms with van der Waals surface area (Å²) in [4.78, 5) is 2.61. The van der Waals surface area contributed by atoms with Gasteiger partial charge in [0.05, 0.1) is 12.8 Å². The summed E-state index contributed by atoms with van der Waals surface area (Å²) in [7, 11) is 3.72. The molecule has 0 aromatic heterocycles. The molecule has 1 aromatic carbocycles. The van der Waals surface area contributed by atoms with Gasteiger partial charge in [0.25, 0.3) is 0 Å². The van der Waals surface area contributed by atoms with Crippen LogP contribution >= 0.6 is 12.2 Å². The van der Waals surface area contributed by atoms with Crippen LogP contribution in [-0.2, 0) is 0 Å². The molecule has 1 aromatic rings. The molecule has 1 rings (SSSR count). The molecule has 0 bridgehead atoms. The van der Waals surface area contributed by atoms with E-state index in [2.05, 4.69) is 39.6 Å². The number of nitrogens with zero attached hydrogens (tertiary/aromatic N) is 1. The van der Waals surface area contributed by atoms with Crippen molar-refractivity contribution in [1.82, 2.24) is 0 Å². The Morgan fingerprint density at radius 3 is 2.37 bits per heavy atom. The highest BCUT2D eigenvalue weighted by Gasteiger charge is 2.26. The summed E-state index contributed by atoms with van der Waals surface area (Å²) in [5, 5.41) is 0. The molecule has 1 atom stereocenters. The van der Waals surface area contributed by atoms with Crippen molar-refractivity contribution in [2.75, 3.05) is 19.1 Å². The van der Waals surface area contributed by atoms with Crippen LogP contribution in [0.1, 0.15) is 33.3 Å². The van der Waals surface area contributed by atoms with Crippen LogP contribution in [0.5, 0.6) is 5.75 Å². The molecule has 19 heavy (non-hydrogen) atoms. The molecule has 0 saturated carbocycles. The van der Waals surface area contributed by atoms with Crippen molar-refractivity contribution in [3.8, 4) is 5.75 Å². The van der Waals surface area contributed by atoms with Crippen LogP contribution in [0.3, 0.4) is 0 Å². The monoisotopic (exact) mass is 280 g/mol. The van der Waals surface area contributed by atoms with Crippen molar-refractivity contribution in [2.45, 2.75) is 33.7 Å². The zero-order chi connectivity index (χ0) is 14.8. The molecule has 0 spiro atoms.